The summed E-state index contributed by atoms with van der Waals surface area (Å²) in [6, 6.07) is 0. The van der Waals surface area contributed by atoms with Crippen LogP contribution in [0.4, 0.5) is 35.1 Å². The summed E-state index contributed by atoms with van der Waals surface area (Å²) in [4.78, 5) is 0. The van der Waals surface area contributed by atoms with E-state index in [0.717, 1.165) is 6.42 Å². The predicted octanol–water partition coefficient (Wildman–Crippen LogP) is 5.24. The Morgan fingerprint density at radius 1 is 0.636 bits per heavy atom. The van der Waals surface area contributed by atoms with Crippen LogP contribution in [0.2, 0.25) is 0 Å². The molecule has 0 amide bonds. The normalized spacial score (nSPS) is 14.5. The summed E-state index contributed by atoms with van der Waals surface area (Å²) in [5, 5.41) is 0. The molecule has 0 radical (unpaired) electrons. The lowest BCUT2D eigenvalue weighted by Crippen LogP contribution is -2.62. The second-order valence-electron chi connectivity index (χ2n) is 5.26. The summed E-state index contributed by atoms with van der Waals surface area (Å²) in [6.07, 6.45) is -1.73. The van der Waals surface area contributed by atoms with Crippen molar-refractivity contribution in [2.45, 2.75) is 75.6 Å². The summed E-state index contributed by atoms with van der Waals surface area (Å²) in [5.74, 6) is -22.9. The van der Waals surface area contributed by atoms with Gasteiger partial charge in [0.15, 0.2) is 0 Å². The quantitative estimate of drug-likeness (QED) is 0.403. The van der Waals surface area contributed by atoms with Crippen molar-refractivity contribution < 1.29 is 35.1 Å². The van der Waals surface area contributed by atoms with Gasteiger partial charge in [-0.2, -0.15) is 35.1 Å². The predicted molar refractivity (Wildman–Crippen MR) is 66.8 cm³/mol. The fraction of sp³-hybridized carbons (Fsp3) is 1.00. The lowest BCUT2D eigenvalue weighted by molar-refractivity contribution is -0.367. The maximum atomic E-state index is 13.4. The highest BCUT2D eigenvalue weighted by Gasteiger charge is 2.79. The van der Waals surface area contributed by atoms with Gasteiger partial charge in [-0.1, -0.05) is 32.6 Å². The topological polar surface area (TPSA) is 26.0 Å². The molecule has 2 N–H and O–H groups in total. The van der Waals surface area contributed by atoms with Gasteiger partial charge in [-0.25, -0.2) is 0 Å². The third-order valence-corrected chi connectivity index (χ3v) is 3.37. The molecular weight excluding hydrogens is 322 g/mol. The highest BCUT2D eigenvalue weighted by molar-refractivity contribution is 5.03. The maximum absolute atomic E-state index is 13.4. The lowest BCUT2D eigenvalue weighted by atomic mass is 9.93. The van der Waals surface area contributed by atoms with E-state index in [1.807, 2.05) is 6.92 Å². The molecule has 0 bridgehead atoms. The largest absolute Gasteiger partial charge is 0.378 e. The van der Waals surface area contributed by atoms with Crippen LogP contribution in [0.25, 0.3) is 0 Å². The average Bonchev–Trinajstić information content (AvgIpc) is 2.37. The fourth-order valence-electron chi connectivity index (χ4n) is 1.91. The van der Waals surface area contributed by atoms with Gasteiger partial charge < -0.3 is 5.73 Å². The second kappa shape index (κ2) is 7.79. The summed E-state index contributed by atoms with van der Waals surface area (Å²) >= 11 is 0. The van der Waals surface area contributed by atoms with E-state index in [1.165, 1.54) is 0 Å². The highest BCUT2D eigenvalue weighted by atomic mass is 19.4. The molecule has 0 unspecified atom stereocenters. The van der Waals surface area contributed by atoms with Crippen LogP contribution in [0.1, 0.15) is 51.9 Å². The molecule has 0 aromatic heterocycles. The van der Waals surface area contributed by atoms with E-state index in [9.17, 15) is 35.1 Å². The minimum atomic E-state index is -6.17. The fourth-order valence-corrected chi connectivity index (χ4v) is 1.91. The number of unbranched alkanes of at least 4 members (excludes halogenated alkanes) is 4. The Hall–Kier alpha value is -0.600. The highest BCUT2D eigenvalue weighted by Crippen LogP contribution is 2.54. The molecule has 0 aliphatic rings. The zero-order chi connectivity index (χ0) is 17.7. The van der Waals surface area contributed by atoms with Gasteiger partial charge in [0, 0.05) is 12.8 Å². The van der Waals surface area contributed by atoms with Crippen molar-refractivity contribution in [2.24, 2.45) is 5.73 Å². The van der Waals surface area contributed by atoms with E-state index >= 15 is 0 Å². The molecule has 0 aromatic rings. The third kappa shape index (κ3) is 4.45. The standard InChI is InChI=1S/C13H21F8N/c1-2-3-4-5-6-7-10(14,15)12(18,19)13(20,21)11(16,17)8-9-22/h2-9,22H2,1H3. The molecule has 9 heteroatoms. The van der Waals surface area contributed by atoms with Gasteiger partial charge in [-0.05, 0) is 13.0 Å². The second-order valence-corrected chi connectivity index (χ2v) is 5.26. The molecule has 0 atom stereocenters. The Labute approximate surface area is 124 Å². The Kier molecular flexibility index (Phi) is 7.57. The number of nitrogens with two attached hydrogens (primary N) is 1. The van der Waals surface area contributed by atoms with Gasteiger partial charge in [0.25, 0.3) is 0 Å². The zero-order valence-corrected chi connectivity index (χ0v) is 12.3. The van der Waals surface area contributed by atoms with Crippen LogP contribution in [-0.4, -0.2) is 30.2 Å². The molecule has 0 saturated carbocycles. The summed E-state index contributed by atoms with van der Waals surface area (Å²) in [6.45, 7) is 0.810. The van der Waals surface area contributed by atoms with Gasteiger partial charge in [-0.3, -0.25) is 0 Å². The molecule has 134 valence electrons. The van der Waals surface area contributed by atoms with Crippen LogP contribution >= 0.6 is 0 Å². The van der Waals surface area contributed by atoms with Crippen molar-refractivity contribution in [3.8, 4) is 0 Å². The van der Waals surface area contributed by atoms with Gasteiger partial charge in [0.2, 0.25) is 0 Å². The lowest BCUT2D eigenvalue weighted by Gasteiger charge is -2.36. The average molecular weight is 343 g/mol. The molecule has 0 fully saturated rings. The van der Waals surface area contributed by atoms with Crippen molar-refractivity contribution in [1.29, 1.82) is 0 Å². The summed E-state index contributed by atoms with van der Waals surface area (Å²) < 4.78 is 106. The summed E-state index contributed by atoms with van der Waals surface area (Å²) in [7, 11) is 0. The Morgan fingerprint density at radius 2 is 1.05 bits per heavy atom. The Bertz CT molecular complexity index is 330. The first-order valence-electron chi connectivity index (χ1n) is 7.08. The molecule has 0 rings (SSSR count). The minimum absolute atomic E-state index is 0.143. The first-order valence-corrected chi connectivity index (χ1v) is 7.08. The number of halogens is 8. The van der Waals surface area contributed by atoms with Gasteiger partial charge in [0.05, 0.1) is 0 Å². The van der Waals surface area contributed by atoms with Crippen molar-refractivity contribution in [3.63, 3.8) is 0 Å². The van der Waals surface area contributed by atoms with Crippen LogP contribution in [0.15, 0.2) is 0 Å². The van der Waals surface area contributed by atoms with Gasteiger partial charge >= 0.3 is 23.7 Å². The molecule has 0 spiro atoms. The third-order valence-electron chi connectivity index (χ3n) is 3.37. The molecule has 0 saturated heterocycles. The Balaban J connectivity index is 5.00. The van der Waals surface area contributed by atoms with Crippen molar-refractivity contribution in [1.82, 2.24) is 0 Å². The van der Waals surface area contributed by atoms with E-state index in [-0.39, 0.29) is 6.42 Å². The number of hydrogen-bond acceptors (Lipinski definition) is 1. The molecule has 0 aromatic carbocycles. The van der Waals surface area contributed by atoms with Crippen LogP contribution in [0.3, 0.4) is 0 Å². The first kappa shape index (κ1) is 21.4. The van der Waals surface area contributed by atoms with Gasteiger partial charge in [-0.15, -0.1) is 0 Å². The smallest absolute Gasteiger partial charge is 0.330 e. The molecule has 1 nitrogen and oxygen atoms in total. The van der Waals surface area contributed by atoms with Crippen LogP contribution in [0, 0.1) is 0 Å². The first-order chi connectivity index (χ1) is 9.87. The minimum Gasteiger partial charge on any atom is -0.330 e. The number of hydrogen-bond donors (Lipinski definition) is 1. The van der Waals surface area contributed by atoms with Crippen LogP contribution < -0.4 is 5.73 Å². The summed E-state index contributed by atoms with van der Waals surface area (Å²) in [5.41, 5.74) is 4.64. The molecular formula is C13H21F8N. The Morgan fingerprint density at radius 3 is 1.45 bits per heavy atom. The van der Waals surface area contributed by atoms with Crippen molar-refractivity contribution in [3.05, 3.63) is 0 Å². The van der Waals surface area contributed by atoms with E-state index in [4.69, 9.17) is 0 Å². The molecule has 0 heterocycles. The zero-order valence-electron chi connectivity index (χ0n) is 12.3. The number of rotatable bonds is 11. The van der Waals surface area contributed by atoms with E-state index in [0.29, 0.717) is 12.8 Å². The molecule has 0 aliphatic carbocycles. The van der Waals surface area contributed by atoms with Crippen LogP contribution in [0.5, 0.6) is 0 Å². The SMILES string of the molecule is CCCCCCCC(F)(F)C(F)(F)C(F)(F)C(F)(F)CCN. The molecule has 22 heavy (non-hydrogen) atoms. The van der Waals surface area contributed by atoms with Crippen molar-refractivity contribution >= 4 is 0 Å². The monoisotopic (exact) mass is 343 g/mol. The number of alkyl halides is 8. The maximum Gasteiger partial charge on any atom is 0.378 e. The van der Waals surface area contributed by atoms with Crippen molar-refractivity contribution in [2.75, 3.05) is 6.54 Å². The van der Waals surface area contributed by atoms with Gasteiger partial charge in [0.1, 0.15) is 0 Å². The van der Waals surface area contributed by atoms with E-state index in [1.54, 1.807) is 0 Å². The van der Waals surface area contributed by atoms with E-state index in [2.05, 4.69) is 5.73 Å². The van der Waals surface area contributed by atoms with E-state index < -0.39 is 49.5 Å². The molecule has 0 aliphatic heterocycles. The van der Waals surface area contributed by atoms with Crippen LogP contribution in [-0.2, 0) is 0 Å².